The fraction of sp³-hybridized carbons (Fsp3) is 0.290. The van der Waals surface area contributed by atoms with Gasteiger partial charge in [-0.2, -0.15) is 0 Å². The number of benzene rings is 3. The van der Waals surface area contributed by atoms with Crippen LogP contribution in [0.1, 0.15) is 72.9 Å². The molecule has 1 aliphatic carbocycles. The zero-order chi connectivity index (χ0) is 22.8. The van der Waals surface area contributed by atoms with Gasteiger partial charge in [-0.3, -0.25) is 0 Å². The first-order valence-electron chi connectivity index (χ1n) is 12.3. The molecule has 0 radical (unpaired) electrons. The van der Waals surface area contributed by atoms with Gasteiger partial charge >= 0.3 is 0 Å². The van der Waals surface area contributed by atoms with Crippen molar-refractivity contribution in [1.82, 2.24) is 0 Å². The van der Waals surface area contributed by atoms with E-state index in [9.17, 15) is 0 Å². The van der Waals surface area contributed by atoms with Crippen LogP contribution >= 0.6 is 27.3 Å². The predicted octanol–water partition coefficient (Wildman–Crippen LogP) is 9.56. The van der Waals surface area contributed by atoms with Gasteiger partial charge < -0.3 is 0 Å². The van der Waals surface area contributed by atoms with Crippen LogP contribution in [0, 0.1) is 0 Å². The van der Waals surface area contributed by atoms with Crippen LogP contribution in [0.25, 0.3) is 10.4 Å². The Labute approximate surface area is 210 Å². The molecular weight excluding hydrogens is 484 g/mol. The third kappa shape index (κ3) is 3.92. The van der Waals surface area contributed by atoms with Gasteiger partial charge in [-0.1, -0.05) is 99.5 Å². The number of unbranched alkanes of at least 4 members (excludes halogenated alkanes) is 2. The highest BCUT2D eigenvalue weighted by Gasteiger charge is 2.47. The second kappa shape index (κ2) is 9.60. The molecular formula is C31H31BrS. The Morgan fingerprint density at radius 3 is 1.79 bits per heavy atom. The summed E-state index contributed by atoms with van der Waals surface area (Å²) in [6.45, 7) is 4.53. The monoisotopic (exact) mass is 514 g/mol. The zero-order valence-electron chi connectivity index (χ0n) is 19.5. The van der Waals surface area contributed by atoms with Crippen LogP contribution in [0.4, 0.5) is 0 Å². The van der Waals surface area contributed by atoms with Crippen LogP contribution in [0.2, 0.25) is 0 Å². The van der Waals surface area contributed by atoms with Gasteiger partial charge in [0.25, 0.3) is 0 Å². The lowest BCUT2D eigenvalue weighted by molar-refractivity contribution is 0.760. The van der Waals surface area contributed by atoms with Gasteiger partial charge in [-0.15, -0.1) is 11.3 Å². The van der Waals surface area contributed by atoms with Crippen molar-refractivity contribution in [3.05, 3.63) is 116 Å². The number of halogens is 1. The van der Waals surface area contributed by atoms with Gasteiger partial charge in [-0.25, -0.2) is 0 Å². The van der Waals surface area contributed by atoms with Gasteiger partial charge in [0.05, 0.1) is 9.20 Å². The number of thiophene rings is 1. The maximum atomic E-state index is 3.80. The summed E-state index contributed by atoms with van der Waals surface area (Å²) in [6, 6.07) is 30.3. The standard InChI is InChI=1S/C31H31BrS/c1-3-5-9-22-13-17-24(18-14-22)31(25-19-15-23(16-20-25)10-6-4-2)27-12-8-7-11-26(27)30-28(31)21-29(32)33-30/h7-8,11-21H,3-6,9-10H2,1-2H3. The van der Waals surface area contributed by atoms with E-state index in [-0.39, 0.29) is 5.41 Å². The normalized spacial score (nSPS) is 13.7. The molecule has 0 spiro atoms. The lowest BCUT2D eigenvalue weighted by atomic mass is 9.68. The van der Waals surface area contributed by atoms with E-state index in [0.717, 1.165) is 12.8 Å². The van der Waals surface area contributed by atoms with Crippen molar-refractivity contribution in [3.63, 3.8) is 0 Å². The van der Waals surface area contributed by atoms with Gasteiger partial charge in [0.1, 0.15) is 0 Å². The summed E-state index contributed by atoms with van der Waals surface area (Å²) in [5.74, 6) is 0. The molecule has 0 atom stereocenters. The Kier molecular flexibility index (Phi) is 6.58. The van der Waals surface area contributed by atoms with E-state index in [2.05, 4.69) is 109 Å². The van der Waals surface area contributed by atoms with Crippen molar-refractivity contribution in [2.24, 2.45) is 0 Å². The molecule has 0 amide bonds. The highest BCUT2D eigenvalue weighted by Crippen LogP contribution is 2.59. The third-order valence-corrected chi connectivity index (χ3v) is 8.76. The molecule has 0 saturated heterocycles. The number of aryl methyl sites for hydroxylation is 2. The topological polar surface area (TPSA) is 0 Å². The average Bonchev–Trinajstić information content (AvgIpc) is 3.36. The lowest BCUT2D eigenvalue weighted by Gasteiger charge is -2.33. The van der Waals surface area contributed by atoms with E-state index >= 15 is 0 Å². The Hall–Kier alpha value is -2.16. The molecule has 0 N–H and O–H groups in total. The summed E-state index contributed by atoms with van der Waals surface area (Å²) < 4.78 is 1.20. The summed E-state index contributed by atoms with van der Waals surface area (Å²) in [6.07, 6.45) is 7.26. The van der Waals surface area contributed by atoms with Crippen molar-refractivity contribution < 1.29 is 0 Å². The summed E-state index contributed by atoms with van der Waals surface area (Å²) >= 11 is 5.66. The summed E-state index contributed by atoms with van der Waals surface area (Å²) in [5.41, 5.74) is 9.49. The van der Waals surface area contributed by atoms with Crippen LogP contribution < -0.4 is 0 Å². The van der Waals surface area contributed by atoms with Crippen molar-refractivity contribution >= 4 is 27.3 Å². The maximum Gasteiger partial charge on any atom is 0.0722 e. The summed E-state index contributed by atoms with van der Waals surface area (Å²) in [7, 11) is 0. The van der Waals surface area contributed by atoms with Gasteiger partial charge in [0, 0.05) is 4.88 Å². The largest absolute Gasteiger partial charge is 0.128 e. The molecule has 0 nitrogen and oxygen atoms in total. The van der Waals surface area contributed by atoms with E-state index in [4.69, 9.17) is 0 Å². The average molecular weight is 516 g/mol. The number of fused-ring (bicyclic) bond motifs is 3. The van der Waals surface area contributed by atoms with Gasteiger partial charge in [-0.05, 0) is 86.6 Å². The smallest absolute Gasteiger partial charge is 0.0722 e. The van der Waals surface area contributed by atoms with E-state index in [1.165, 1.54) is 73.3 Å². The van der Waals surface area contributed by atoms with Crippen molar-refractivity contribution in [2.45, 2.75) is 57.8 Å². The molecule has 1 aliphatic rings. The van der Waals surface area contributed by atoms with Crippen LogP contribution in [0.15, 0.2) is 82.6 Å². The molecule has 2 heteroatoms. The fourth-order valence-electron chi connectivity index (χ4n) is 5.39. The molecule has 1 heterocycles. The summed E-state index contributed by atoms with van der Waals surface area (Å²) in [5, 5.41) is 0. The molecule has 0 saturated carbocycles. The first-order chi connectivity index (χ1) is 16.2. The minimum Gasteiger partial charge on any atom is -0.128 e. The molecule has 33 heavy (non-hydrogen) atoms. The minimum atomic E-state index is -0.277. The first kappa shape index (κ1) is 22.6. The molecule has 168 valence electrons. The molecule has 0 aliphatic heterocycles. The van der Waals surface area contributed by atoms with Crippen molar-refractivity contribution in [2.75, 3.05) is 0 Å². The molecule has 1 aromatic heterocycles. The fourth-order valence-corrected chi connectivity index (χ4v) is 7.08. The Morgan fingerprint density at radius 2 is 1.24 bits per heavy atom. The van der Waals surface area contributed by atoms with E-state index in [1.807, 2.05) is 11.3 Å². The predicted molar refractivity (Wildman–Crippen MR) is 147 cm³/mol. The highest BCUT2D eigenvalue weighted by atomic mass is 79.9. The van der Waals surface area contributed by atoms with Crippen molar-refractivity contribution in [1.29, 1.82) is 0 Å². The molecule has 0 unspecified atom stereocenters. The van der Waals surface area contributed by atoms with E-state index in [1.54, 1.807) is 0 Å². The molecule has 5 rings (SSSR count). The summed E-state index contributed by atoms with van der Waals surface area (Å²) in [4.78, 5) is 1.39. The third-order valence-electron chi connectivity index (χ3n) is 7.09. The van der Waals surface area contributed by atoms with Gasteiger partial charge in [0.2, 0.25) is 0 Å². The van der Waals surface area contributed by atoms with E-state index in [0.29, 0.717) is 0 Å². The van der Waals surface area contributed by atoms with E-state index < -0.39 is 0 Å². The quantitative estimate of drug-likeness (QED) is 0.193. The SMILES string of the molecule is CCCCc1ccc(C2(c3ccc(CCCC)cc3)c3ccccc3-c3sc(Br)cc32)cc1. The lowest BCUT2D eigenvalue weighted by Crippen LogP contribution is -2.28. The highest BCUT2D eigenvalue weighted by molar-refractivity contribution is 9.11. The number of rotatable bonds is 8. The minimum absolute atomic E-state index is 0.277. The number of hydrogen-bond acceptors (Lipinski definition) is 1. The Balaban J connectivity index is 1.72. The number of hydrogen-bond donors (Lipinski definition) is 0. The van der Waals surface area contributed by atoms with Gasteiger partial charge in [0.15, 0.2) is 0 Å². The Bertz CT molecular complexity index is 1180. The maximum absolute atomic E-state index is 3.80. The van der Waals surface area contributed by atoms with Crippen LogP contribution in [-0.2, 0) is 18.3 Å². The zero-order valence-corrected chi connectivity index (χ0v) is 21.9. The van der Waals surface area contributed by atoms with Crippen LogP contribution in [0.5, 0.6) is 0 Å². The first-order valence-corrected chi connectivity index (χ1v) is 13.9. The Morgan fingerprint density at radius 1 is 0.697 bits per heavy atom. The second-order valence-corrected chi connectivity index (χ2v) is 11.6. The second-order valence-electron chi connectivity index (χ2n) is 9.19. The van der Waals surface area contributed by atoms with Crippen LogP contribution in [-0.4, -0.2) is 0 Å². The molecule has 0 bridgehead atoms. The van der Waals surface area contributed by atoms with Crippen molar-refractivity contribution in [3.8, 4) is 10.4 Å². The van der Waals surface area contributed by atoms with Crippen LogP contribution in [0.3, 0.4) is 0 Å². The molecule has 3 aromatic carbocycles. The molecule has 0 fully saturated rings. The molecule has 4 aromatic rings.